The minimum atomic E-state index is -3.53. The van der Waals surface area contributed by atoms with Crippen LogP contribution in [0.25, 0.3) is 11.4 Å². The molecule has 1 aliphatic heterocycles. The molecule has 1 fully saturated rings. The first-order chi connectivity index (χ1) is 13.4. The van der Waals surface area contributed by atoms with Crippen molar-refractivity contribution < 1.29 is 12.9 Å². The highest BCUT2D eigenvalue weighted by molar-refractivity contribution is 9.10. The predicted molar refractivity (Wildman–Crippen MR) is 110 cm³/mol. The summed E-state index contributed by atoms with van der Waals surface area (Å²) in [7, 11) is -3.53. The first kappa shape index (κ1) is 19.6. The number of sulfonamides is 1. The van der Waals surface area contributed by atoms with Crippen molar-refractivity contribution in [1.29, 1.82) is 0 Å². The second kappa shape index (κ2) is 7.94. The van der Waals surface area contributed by atoms with Crippen molar-refractivity contribution in [2.45, 2.75) is 23.7 Å². The average Bonchev–Trinajstić information content (AvgIpc) is 3.19. The Bertz CT molecular complexity index is 1080. The summed E-state index contributed by atoms with van der Waals surface area (Å²) in [6.45, 7) is 0.810. The molecule has 28 heavy (non-hydrogen) atoms. The number of benzene rings is 2. The Labute approximate surface area is 176 Å². The Balaban J connectivity index is 1.46. The molecule has 2 heterocycles. The predicted octanol–water partition coefficient (Wildman–Crippen LogP) is 4.72. The molecule has 146 valence electrons. The molecule has 9 heteroatoms. The molecular formula is C19H17BrClN3O3S. The van der Waals surface area contributed by atoms with Crippen LogP contribution in [0.4, 0.5) is 0 Å². The number of piperidine rings is 1. The van der Waals surface area contributed by atoms with Gasteiger partial charge < -0.3 is 4.52 Å². The van der Waals surface area contributed by atoms with E-state index in [0.717, 1.165) is 10.0 Å². The van der Waals surface area contributed by atoms with Crippen molar-refractivity contribution in [2.75, 3.05) is 13.1 Å². The van der Waals surface area contributed by atoms with E-state index in [-0.39, 0.29) is 10.8 Å². The van der Waals surface area contributed by atoms with Crippen LogP contribution in [0.15, 0.2) is 62.4 Å². The minimum Gasteiger partial charge on any atom is -0.339 e. The van der Waals surface area contributed by atoms with E-state index in [0.29, 0.717) is 42.7 Å². The van der Waals surface area contributed by atoms with Gasteiger partial charge in [-0.1, -0.05) is 44.8 Å². The van der Waals surface area contributed by atoms with Crippen LogP contribution in [0, 0.1) is 0 Å². The van der Waals surface area contributed by atoms with Gasteiger partial charge in [-0.3, -0.25) is 0 Å². The molecule has 0 bridgehead atoms. The lowest BCUT2D eigenvalue weighted by molar-refractivity contribution is 0.271. The molecule has 4 rings (SSSR count). The van der Waals surface area contributed by atoms with Gasteiger partial charge in [0.1, 0.15) is 0 Å². The van der Waals surface area contributed by atoms with Crippen molar-refractivity contribution in [3.63, 3.8) is 0 Å². The van der Waals surface area contributed by atoms with Gasteiger partial charge >= 0.3 is 0 Å². The third kappa shape index (κ3) is 3.87. The third-order valence-corrected chi connectivity index (χ3v) is 7.67. The van der Waals surface area contributed by atoms with E-state index in [2.05, 4.69) is 26.1 Å². The van der Waals surface area contributed by atoms with Crippen molar-refractivity contribution in [1.82, 2.24) is 14.4 Å². The fourth-order valence-corrected chi connectivity index (χ4v) is 5.31. The molecule has 2 aromatic carbocycles. The quantitative estimate of drug-likeness (QED) is 0.538. The first-order valence-electron chi connectivity index (χ1n) is 8.79. The Kier molecular flexibility index (Phi) is 5.55. The highest BCUT2D eigenvalue weighted by atomic mass is 79.9. The Morgan fingerprint density at radius 1 is 1.07 bits per heavy atom. The van der Waals surface area contributed by atoms with Crippen LogP contribution in [0.5, 0.6) is 0 Å². The minimum absolute atomic E-state index is 0.0420. The van der Waals surface area contributed by atoms with E-state index < -0.39 is 10.0 Å². The molecule has 0 spiro atoms. The summed E-state index contributed by atoms with van der Waals surface area (Å²) < 4.78 is 33.4. The Hall–Kier alpha value is -1.74. The van der Waals surface area contributed by atoms with E-state index in [1.165, 1.54) is 16.4 Å². The van der Waals surface area contributed by atoms with Gasteiger partial charge in [-0.05, 0) is 49.2 Å². The SMILES string of the molecule is O=S(=O)(c1ccc(Cl)cc1)N1CCC(c2nc(-c3ccccc3Br)no2)CC1. The van der Waals surface area contributed by atoms with Gasteiger partial charge in [-0.2, -0.15) is 9.29 Å². The van der Waals surface area contributed by atoms with Crippen LogP contribution in [-0.2, 0) is 10.0 Å². The Morgan fingerprint density at radius 2 is 1.75 bits per heavy atom. The number of aromatic nitrogens is 2. The highest BCUT2D eigenvalue weighted by Gasteiger charge is 2.32. The molecular weight excluding hydrogens is 466 g/mol. The summed E-state index contributed by atoms with van der Waals surface area (Å²) in [5, 5.41) is 4.59. The summed E-state index contributed by atoms with van der Waals surface area (Å²) in [5.74, 6) is 1.12. The smallest absolute Gasteiger partial charge is 0.243 e. The number of hydrogen-bond donors (Lipinski definition) is 0. The molecule has 1 saturated heterocycles. The van der Waals surface area contributed by atoms with Crippen LogP contribution in [-0.4, -0.2) is 36.0 Å². The van der Waals surface area contributed by atoms with Crippen molar-refractivity contribution in [2.24, 2.45) is 0 Å². The zero-order valence-electron chi connectivity index (χ0n) is 14.8. The average molecular weight is 483 g/mol. The summed E-state index contributed by atoms with van der Waals surface area (Å²) in [6, 6.07) is 13.9. The first-order valence-corrected chi connectivity index (χ1v) is 11.4. The number of halogens is 2. The highest BCUT2D eigenvalue weighted by Crippen LogP contribution is 2.32. The molecule has 0 atom stereocenters. The summed E-state index contributed by atoms with van der Waals surface area (Å²) >= 11 is 9.35. The van der Waals surface area contributed by atoms with Crippen LogP contribution in [0.2, 0.25) is 5.02 Å². The zero-order chi connectivity index (χ0) is 19.7. The molecule has 0 amide bonds. The fraction of sp³-hybridized carbons (Fsp3) is 0.263. The summed E-state index contributed by atoms with van der Waals surface area (Å²) in [6.07, 6.45) is 1.26. The van der Waals surface area contributed by atoms with E-state index >= 15 is 0 Å². The number of hydrogen-bond acceptors (Lipinski definition) is 5. The van der Waals surface area contributed by atoms with Crippen molar-refractivity contribution in [3.05, 3.63) is 63.9 Å². The van der Waals surface area contributed by atoms with Gasteiger partial charge in [0.2, 0.25) is 21.7 Å². The lowest BCUT2D eigenvalue weighted by Gasteiger charge is -2.29. The Morgan fingerprint density at radius 3 is 2.43 bits per heavy atom. The topological polar surface area (TPSA) is 76.3 Å². The second-order valence-electron chi connectivity index (χ2n) is 6.57. The molecule has 0 saturated carbocycles. The molecule has 1 aliphatic rings. The lowest BCUT2D eigenvalue weighted by Crippen LogP contribution is -2.37. The number of rotatable bonds is 4. The fourth-order valence-electron chi connectivity index (χ4n) is 3.25. The normalized spacial score (nSPS) is 16.4. The van der Waals surface area contributed by atoms with Gasteiger partial charge in [0.05, 0.1) is 4.90 Å². The summed E-state index contributed by atoms with van der Waals surface area (Å²) in [4.78, 5) is 4.78. The van der Waals surface area contributed by atoms with Crippen molar-refractivity contribution in [3.8, 4) is 11.4 Å². The largest absolute Gasteiger partial charge is 0.339 e. The van der Waals surface area contributed by atoms with Crippen LogP contribution >= 0.6 is 27.5 Å². The van der Waals surface area contributed by atoms with Gasteiger partial charge in [0.15, 0.2) is 0 Å². The van der Waals surface area contributed by atoms with Crippen LogP contribution in [0.1, 0.15) is 24.7 Å². The molecule has 0 unspecified atom stereocenters. The third-order valence-electron chi connectivity index (χ3n) is 4.81. The molecule has 0 aliphatic carbocycles. The van der Waals surface area contributed by atoms with Gasteiger partial charge in [-0.15, -0.1) is 0 Å². The maximum Gasteiger partial charge on any atom is 0.243 e. The second-order valence-corrected chi connectivity index (χ2v) is 9.80. The van der Waals surface area contributed by atoms with Crippen LogP contribution < -0.4 is 0 Å². The van der Waals surface area contributed by atoms with Crippen LogP contribution in [0.3, 0.4) is 0 Å². The maximum absolute atomic E-state index is 12.8. The van der Waals surface area contributed by atoms with E-state index in [4.69, 9.17) is 16.1 Å². The maximum atomic E-state index is 12.8. The lowest BCUT2D eigenvalue weighted by atomic mass is 9.98. The summed E-state index contributed by atoms with van der Waals surface area (Å²) in [5.41, 5.74) is 0.861. The molecule has 0 radical (unpaired) electrons. The van der Waals surface area contributed by atoms with Crippen molar-refractivity contribution >= 4 is 37.6 Å². The van der Waals surface area contributed by atoms with Gasteiger partial charge in [0.25, 0.3) is 0 Å². The molecule has 6 nitrogen and oxygen atoms in total. The monoisotopic (exact) mass is 481 g/mol. The van der Waals surface area contributed by atoms with E-state index in [1.807, 2.05) is 24.3 Å². The number of nitrogens with zero attached hydrogens (tertiary/aromatic N) is 3. The zero-order valence-corrected chi connectivity index (χ0v) is 17.9. The van der Waals surface area contributed by atoms with E-state index in [1.54, 1.807) is 12.1 Å². The standard InChI is InChI=1S/C19H17BrClN3O3S/c20-17-4-2-1-3-16(17)18-22-19(27-23-18)13-9-11-24(12-10-13)28(25,26)15-7-5-14(21)6-8-15/h1-8,13H,9-12H2. The molecule has 0 N–H and O–H groups in total. The molecule has 1 aromatic heterocycles. The van der Waals surface area contributed by atoms with E-state index in [9.17, 15) is 8.42 Å². The van der Waals surface area contributed by atoms with Gasteiger partial charge in [-0.25, -0.2) is 8.42 Å². The van der Waals surface area contributed by atoms with Gasteiger partial charge in [0, 0.05) is 34.1 Å². The molecule has 3 aromatic rings.